The first-order valence-corrected chi connectivity index (χ1v) is 4.32. The first-order valence-electron chi connectivity index (χ1n) is 4.32. The zero-order chi connectivity index (χ0) is 9.97. The van der Waals surface area contributed by atoms with Crippen molar-refractivity contribution in [1.82, 2.24) is 0 Å². The summed E-state index contributed by atoms with van der Waals surface area (Å²) in [5.74, 6) is -0.0704. The molecule has 0 unspecified atom stereocenters. The van der Waals surface area contributed by atoms with Gasteiger partial charge < -0.3 is 10.2 Å². The summed E-state index contributed by atoms with van der Waals surface area (Å²) in [5, 5.41) is 11.4. The lowest BCUT2D eigenvalue weighted by atomic mass is 10.2. The van der Waals surface area contributed by atoms with Gasteiger partial charge in [-0.25, -0.2) is 0 Å². The fraction of sp³-hybridized carbons (Fsp3) is 0.200. The Hall–Kier alpha value is -2.02. The summed E-state index contributed by atoms with van der Waals surface area (Å²) in [4.78, 5) is 13.0. The van der Waals surface area contributed by atoms with Gasteiger partial charge in [0.05, 0.1) is 24.0 Å². The number of benzene rings is 1. The van der Waals surface area contributed by atoms with Gasteiger partial charge in [-0.2, -0.15) is 5.26 Å². The lowest BCUT2D eigenvalue weighted by Crippen LogP contribution is -2.38. The van der Waals surface area contributed by atoms with E-state index in [-0.39, 0.29) is 19.0 Å². The highest BCUT2D eigenvalue weighted by atomic mass is 16.2. The highest BCUT2D eigenvalue weighted by Crippen LogP contribution is 2.28. The molecule has 0 saturated carbocycles. The third-order valence-corrected chi connectivity index (χ3v) is 2.11. The molecule has 0 fully saturated rings. The maximum absolute atomic E-state index is 11.2. The van der Waals surface area contributed by atoms with Crippen molar-refractivity contribution in [3.63, 3.8) is 0 Å². The number of hydrogen-bond acceptors (Lipinski definition) is 3. The summed E-state index contributed by atoms with van der Waals surface area (Å²) in [7, 11) is 0. The van der Waals surface area contributed by atoms with Crippen LogP contribution >= 0.6 is 0 Å². The van der Waals surface area contributed by atoms with Crippen LogP contribution in [0, 0.1) is 11.3 Å². The molecular weight excluding hydrogens is 178 g/mol. The number of hydrogen-bond donors (Lipinski definition) is 1. The minimum atomic E-state index is -0.0704. The molecule has 4 nitrogen and oxygen atoms in total. The predicted molar refractivity (Wildman–Crippen MR) is 52.9 cm³/mol. The van der Waals surface area contributed by atoms with E-state index in [1.807, 2.05) is 30.3 Å². The van der Waals surface area contributed by atoms with Crippen LogP contribution in [0.1, 0.15) is 0 Å². The lowest BCUT2D eigenvalue weighted by Gasteiger charge is -2.28. The number of fused-ring (bicyclic) bond motifs is 1. The Morgan fingerprint density at radius 3 is 3.07 bits per heavy atom. The Kier molecular flexibility index (Phi) is 2.07. The molecule has 0 bridgehead atoms. The van der Waals surface area contributed by atoms with Crippen LogP contribution in [0.25, 0.3) is 0 Å². The van der Waals surface area contributed by atoms with Gasteiger partial charge in [-0.15, -0.1) is 0 Å². The summed E-state index contributed by atoms with van der Waals surface area (Å²) in [5.41, 5.74) is 1.69. The zero-order valence-corrected chi connectivity index (χ0v) is 7.53. The fourth-order valence-corrected chi connectivity index (χ4v) is 1.53. The minimum absolute atomic E-state index is 0.0704. The van der Waals surface area contributed by atoms with Crippen molar-refractivity contribution in [2.75, 3.05) is 23.3 Å². The summed E-state index contributed by atoms with van der Waals surface area (Å²) in [6.45, 7) is 0.495. The Morgan fingerprint density at radius 1 is 1.50 bits per heavy atom. The molecule has 0 saturated heterocycles. The standard InChI is InChI=1S/C10H9N3O/c11-5-6-13-7-10(14)12-8-3-1-2-4-9(8)13/h1-4H,6-7H2,(H,12,14). The maximum atomic E-state index is 11.2. The molecule has 70 valence electrons. The lowest BCUT2D eigenvalue weighted by molar-refractivity contribution is -0.115. The van der Waals surface area contributed by atoms with Crippen LogP contribution in [0.3, 0.4) is 0 Å². The molecule has 0 spiro atoms. The van der Waals surface area contributed by atoms with E-state index in [1.54, 1.807) is 4.90 Å². The third-order valence-electron chi connectivity index (χ3n) is 2.11. The second kappa shape index (κ2) is 3.38. The predicted octanol–water partition coefficient (Wildman–Crippen LogP) is 0.969. The number of carbonyl (C=O) groups is 1. The average Bonchev–Trinajstić information content (AvgIpc) is 2.18. The maximum Gasteiger partial charge on any atom is 0.243 e. The van der Waals surface area contributed by atoms with Crippen molar-refractivity contribution in [3.05, 3.63) is 24.3 Å². The monoisotopic (exact) mass is 187 g/mol. The smallest absolute Gasteiger partial charge is 0.243 e. The van der Waals surface area contributed by atoms with E-state index < -0.39 is 0 Å². The van der Waals surface area contributed by atoms with E-state index in [4.69, 9.17) is 5.26 Å². The van der Waals surface area contributed by atoms with E-state index in [1.165, 1.54) is 0 Å². The number of nitriles is 1. The molecule has 2 rings (SSSR count). The average molecular weight is 187 g/mol. The molecule has 1 heterocycles. The van der Waals surface area contributed by atoms with E-state index in [9.17, 15) is 4.79 Å². The number of carbonyl (C=O) groups excluding carboxylic acids is 1. The molecule has 0 atom stereocenters. The van der Waals surface area contributed by atoms with Gasteiger partial charge in [0.15, 0.2) is 0 Å². The Morgan fingerprint density at radius 2 is 2.29 bits per heavy atom. The van der Waals surface area contributed by atoms with Gasteiger partial charge in [0.1, 0.15) is 6.54 Å². The number of nitrogens with zero attached hydrogens (tertiary/aromatic N) is 2. The van der Waals surface area contributed by atoms with Crippen molar-refractivity contribution < 1.29 is 4.79 Å². The fourth-order valence-electron chi connectivity index (χ4n) is 1.53. The Bertz CT molecular complexity index is 408. The summed E-state index contributed by atoms with van der Waals surface area (Å²) < 4.78 is 0. The van der Waals surface area contributed by atoms with Crippen LogP contribution in [0.5, 0.6) is 0 Å². The van der Waals surface area contributed by atoms with Crippen molar-refractivity contribution in [3.8, 4) is 6.07 Å². The van der Waals surface area contributed by atoms with Gasteiger partial charge in [-0.3, -0.25) is 4.79 Å². The number of amides is 1. The first-order chi connectivity index (χ1) is 6.81. The van der Waals surface area contributed by atoms with Gasteiger partial charge in [0.25, 0.3) is 0 Å². The minimum Gasteiger partial charge on any atom is -0.347 e. The second-order valence-electron chi connectivity index (χ2n) is 3.08. The van der Waals surface area contributed by atoms with E-state index >= 15 is 0 Å². The van der Waals surface area contributed by atoms with E-state index in [0.717, 1.165) is 11.4 Å². The van der Waals surface area contributed by atoms with Crippen molar-refractivity contribution in [1.29, 1.82) is 5.26 Å². The van der Waals surface area contributed by atoms with Crippen LogP contribution in [0.4, 0.5) is 11.4 Å². The molecular formula is C10H9N3O. The van der Waals surface area contributed by atoms with Gasteiger partial charge >= 0.3 is 0 Å². The molecule has 1 amide bonds. The highest BCUT2D eigenvalue weighted by Gasteiger charge is 2.20. The number of nitrogens with one attached hydrogen (secondary N) is 1. The summed E-state index contributed by atoms with van der Waals surface area (Å²) in [6, 6.07) is 9.52. The largest absolute Gasteiger partial charge is 0.347 e. The van der Waals surface area contributed by atoms with Crippen LogP contribution < -0.4 is 10.2 Å². The summed E-state index contributed by atoms with van der Waals surface area (Å²) >= 11 is 0. The molecule has 1 aromatic carbocycles. The third kappa shape index (κ3) is 1.40. The van der Waals surface area contributed by atoms with Crippen LogP contribution in [-0.4, -0.2) is 19.0 Å². The molecule has 1 aliphatic heterocycles. The number of rotatable bonds is 1. The van der Waals surface area contributed by atoms with Gasteiger partial charge in [0, 0.05) is 0 Å². The van der Waals surface area contributed by atoms with Crippen LogP contribution in [0.2, 0.25) is 0 Å². The topological polar surface area (TPSA) is 56.1 Å². The van der Waals surface area contributed by atoms with Crippen LogP contribution in [0.15, 0.2) is 24.3 Å². The van der Waals surface area contributed by atoms with Crippen molar-refractivity contribution in [2.24, 2.45) is 0 Å². The van der Waals surface area contributed by atoms with Crippen molar-refractivity contribution in [2.45, 2.75) is 0 Å². The van der Waals surface area contributed by atoms with E-state index in [0.29, 0.717) is 0 Å². The molecule has 1 aromatic rings. The Labute approximate surface area is 81.7 Å². The molecule has 1 aliphatic rings. The van der Waals surface area contributed by atoms with Crippen LogP contribution in [-0.2, 0) is 4.79 Å². The first kappa shape index (κ1) is 8.57. The molecule has 0 radical (unpaired) electrons. The zero-order valence-electron chi connectivity index (χ0n) is 7.53. The number of anilines is 2. The molecule has 0 aliphatic carbocycles. The number of para-hydroxylation sites is 2. The second-order valence-corrected chi connectivity index (χ2v) is 3.08. The van der Waals surface area contributed by atoms with E-state index in [2.05, 4.69) is 5.32 Å². The molecule has 0 aromatic heterocycles. The SMILES string of the molecule is N#CCN1CC(=O)Nc2ccccc21. The normalized spacial score (nSPS) is 14.2. The van der Waals surface area contributed by atoms with Gasteiger partial charge in [-0.1, -0.05) is 12.1 Å². The summed E-state index contributed by atoms with van der Waals surface area (Å²) in [6.07, 6.45) is 0. The Balaban J connectivity index is 2.39. The molecule has 14 heavy (non-hydrogen) atoms. The highest BCUT2D eigenvalue weighted by molar-refractivity contribution is 6.01. The van der Waals surface area contributed by atoms with Crippen molar-refractivity contribution >= 4 is 17.3 Å². The molecule has 1 N–H and O–H groups in total. The van der Waals surface area contributed by atoms with Gasteiger partial charge in [0.2, 0.25) is 5.91 Å². The molecule has 4 heteroatoms. The quantitative estimate of drug-likeness (QED) is 0.666. The van der Waals surface area contributed by atoms with Gasteiger partial charge in [-0.05, 0) is 12.1 Å².